The van der Waals surface area contributed by atoms with Crippen molar-refractivity contribution in [1.29, 1.82) is 0 Å². The molecule has 0 atom stereocenters. The number of carbonyl (C=O) groups is 1. The first-order valence-electron chi connectivity index (χ1n) is 8.89. The number of hydrogen-bond donors (Lipinski definition) is 2. The molecule has 5 nitrogen and oxygen atoms in total. The molecule has 3 aromatic rings. The molecule has 3 N–H and O–H groups in total. The maximum absolute atomic E-state index is 11.0. The third kappa shape index (κ3) is 5.66. The quantitative estimate of drug-likeness (QED) is 0.601. The van der Waals surface area contributed by atoms with Gasteiger partial charge in [0, 0.05) is 18.8 Å². The van der Waals surface area contributed by atoms with Gasteiger partial charge < -0.3 is 15.8 Å². The molecule has 3 rings (SSSR count). The van der Waals surface area contributed by atoms with Crippen LogP contribution in [0.2, 0.25) is 0 Å². The number of amides is 1. The molecule has 1 amide bonds. The van der Waals surface area contributed by atoms with Gasteiger partial charge in [-0.3, -0.25) is 4.79 Å². The van der Waals surface area contributed by atoms with E-state index < -0.39 is 5.91 Å². The zero-order valence-electron chi connectivity index (χ0n) is 15.3. The SMILES string of the molecule is Cc1cccc(CNCCc2ccc(Oc3ccc(C(N)=O)cn3)cc2)c1. The van der Waals surface area contributed by atoms with Gasteiger partial charge in [-0.15, -0.1) is 0 Å². The Bertz CT molecular complexity index is 890. The van der Waals surface area contributed by atoms with Gasteiger partial charge >= 0.3 is 0 Å². The van der Waals surface area contributed by atoms with Crippen LogP contribution in [0.4, 0.5) is 0 Å². The maximum Gasteiger partial charge on any atom is 0.250 e. The van der Waals surface area contributed by atoms with Crippen LogP contribution in [0.25, 0.3) is 0 Å². The third-order valence-corrected chi connectivity index (χ3v) is 4.17. The lowest BCUT2D eigenvalue weighted by atomic mass is 10.1. The summed E-state index contributed by atoms with van der Waals surface area (Å²) >= 11 is 0. The molecule has 1 heterocycles. The van der Waals surface area contributed by atoms with Gasteiger partial charge in [-0.1, -0.05) is 42.0 Å². The monoisotopic (exact) mass is 361 g/mol. The first-order valence-corrected chi connectivity index (χ1v) is 8.89. The van der Waals surface area contributed by atoms with Crippen molar-refractivity contribution >= 4 is 5.91 Å². The highest BCUT2D eigenvalue weighted by Gasteiger charge is 2.03. The number of nitrogens with two attached hydrogens (primary N) is 1. The van der Waals surface area contributed by atoms with E-state index in [9.17, 15) is 4.79 Å². The summed E-state index contributed by atoms with van der Waals surface area (Å²) in [6.45, 7) is 3.88. The predicted octanol–water partition coefficient (Wildman–Crippen LogP) is 3.61. The number of rotatable bonds is 8. The molecule has 5 heteroatoms. The summed E-state index contributed by atoms with van der Waals surface area (Å²) in [5.41, 5.74) is 9.37. The molecule has 0 spiro atoms. The van der Waals surface area contributed by atoms with Gasteiger partial charge in [0.1, 0.15) is 5.75 Å². The number of nitrogens with zero attached hydrogens (tertiary/aromatic N) is 1. The second-order valence-electron chi connectivity index (χ2n) is 6.41. The Kier molecular flexibility index (Phi) is 6.18. The van der Waals surface area contributed by atoms with E-state index in [1.54, 1.807) is 12.1 Å². The lowest BCUT2D eigenvalue weighted by Gasteiger charge is -2.08. The highest BCUT2D eigenvalue weighted by molar-refractivity contribution is 5.92. The van der Waals surface area contributed by atoms with E-state index >= 15 is 0 Å². The number of carbonyl (C=O) groups excluding carboxylic acids is 1. The first-order chi connectivity index (χ1) is 13.1. The van der Waals surface area contributed by atoms with E-state index in [1.807, 2.05) is 24.3 Å². The standard InChI is InChI=1S/C22H23N3O2/c1-16-3-2-4-18(13-16)14-24-12-11-17-5-8-20(9-6-17)27-21-10-7-19(15-25-21)22(23)26/h2-10,13,15,24H,11-12,14H2,1H3,(H2,23,26). The van der Waals surface area contributed by atoms with Gasteiger partial charge in [0.25, 0.3) is 0 Å². The number of ether oxygens (including phenoxy) is 1. The van der Waals surface area contributed by atoms with Crippen LogP contribution in [-0.4, -0.2) is 17.4 Å². The van der Waals surface area contributed by atoms with Crippen molar-refractivity contribution in [1.82, 2.24) is 10.3 Å². The molecule has 2 aromatic carbocycles. The van der Waals surface area contributed by atoms with Crippen LogP contribution < -0.4 is 15.8 Å². The smallest absolute Gasteiger partial charge is 0.250 e. The van der Waals surface area contributed by atoms with Crippen LogP contribution in [0.5, 0.6) is 11.6 Å². The fourth-order valence-corrected chi connectivity index (χ4v) is 2.72. The fourth-order valence-electron chi connectivity index (χ4n) is 2.72. The average molecular weight is 361 g/mol. The summed E-state index contributed by atoms with van der Waals surface area (Å²) in [6, 6.07) is 19.7. The Morgan fingerprint density at radius 3 is 2.56 bits per heavy atom. The second kappa shape index (κ2) is 8.96. The Morgan fingerprint density at radius 2 is 1.89 bits per heavy atom. The highest BCUT2D eigenvalue weighted by atomic mass is 16.5. The highest BCUT2D eigenvalue weighted by Crippen LogP contribution is 2.20. The fraction of sp³-hybridized carbons (Fsp3) is 0.182. The van der Waals surface area contributed by atoms with Crippen molar-refractivity contribution < 1.29 is 9.53 Å². The molecule has 0 fully saturated rings. The van der Waals surface area contributed by atoms with E-state index in [4.69, 9.17) is 10.5 Å². The second-order valence-corrected chi connectivity index (χ2v) is 6.41. The maximum atomic E-state index is 11.0. The van der Waals surface area contributed by atoms with Gasteiger partial charge in [-0.05, 0) is 49.2 Å². The lowest BCUT2D eigenvalue weighted by molar-refractivity contribution is 0.1000. The molecule has 0 bridgehead atoms. The van der Waals surface area contributed by atoms with Crippen LogP contribution >= 0.6 is 0 Å². The summed E-state index contributed by atoms with van der Waals surface area (Å²) in [6.07, 6.45) is 2.35. The van der Waals surface area contributed by atoms with Crippen molar-refractivity contribution in [2.24, 2.45) is 5.73 Å². The number of hydrogen-bond acceptors (Lipinski definition) is 4. The lowest BCUT2D eigenvalue weighted by Crippen LogP contribution is -2.16. The van der Waals surface area contributed by atoms with Crippen molar-refractivity contribution in [2.45, 2.75) is 19.9 Å². The van der Waals surface area contributed by atoms with E-state index in [-0.39, 0.29) is 0 Å². The third-order valence-electron chi connectivity index (χ3n) is 4.17. The molecule has 0 saturated carbocycles. The molecule has 138 valence electrons. The van der Waals surface area contributed by atoms with Crippen molar-refractivity contribution in [3.05, 3.63) is 89.1 Å². The number of benzene rings is 2. The molecule has 0 unspecified atom stereocenters. The van der Waals surface area contributed by atoms with Gasteiger partial charge in [0.2, 0.25) is 11.8 Å². The minimum Gasteiger partial charge on any atom is -0.439 e. The van der Waals surface area contributed by atoms with Gasteiger partial charge in [0.15, 0.2) is 0 Å². The summed E-state index contributed by atoms with van der Waals surface area (Å²) < 4.78 is 5.68. The summed E-state index contributed by atoms with van der Waals surface area (Å²) in [5, 5.41) is 3.47. The summed E-state index contributed by atoms with van der Waals surface area (Å²) in [5.74, 6) is 0.618. The van der Waals surface area contributed by atoms with E-state index in [2.05, 4.69) is 41.5 Å². The molecule has 0 aliphatic rings. The van der Waals surface area contributed by atoms with Crippen LogP contribution in [0, 0.1) is 6.92 Å². The van der Waals surface area contributed by atoms with Crippen LogP contribution in [-0.2, 0) is 13.0 Å². The number of aryl methyl sites for hydroxylation is 1. The number of pyridine rings is 1. The molecule has 1 aromatic heterocycles. The Balaban J connectivity index is 1.46. The Hall–Kier alpha value is -3.18. The zero-order valence-corrected chi connectivity index (χ0v) is 15.3. The Morgan fingerprint density at radius 1 is 1.07 bits per heavy atom. The minimum atomic E-state index is -0.505. The van der Waals surface area contributed by atoms with Crippen molar-refractivity contribution in [3.8, 4) is 11.6 Å². The van der Waals surface area contributed by atoms with E-state index in [0.29, 0.717) is 17.2 Å². The van der Waals surface area contributed by atoms with Crippen LogP contribution in [0.15, 0.2) is 66.9 Å². The van der Waals surface area contributed by atoms with Crippen LogP contribution in [0.3, 0.4) is 0 Å². The minimum absolute atomic E-state index is 0.357. The number of aromatic nitrogens is 1. The molecule has 0 saturated heterocycles. The molecule has 27 heavy (non-hydrogen) atoms. The van der Waals surface area contributed by atoms with Gasteiger partial charge in [-0.2, -0.15) is 0 Å². The number of primary amides is 1. The van der Waals surface area contributed by atoms with Gasteiger partial charge in [-0.25, -0.2) is 4.98 Å². The number of nitrogens with one attached hydrogen (secondary N) is 1. The molecular formula is C22H23N3O2. The molecular weight excluding hydrogens is 338 g/mol. The Labute approximate surface area is 159 Å². The first kappa shape index (κ1) is 18.6. The van der Waals surface area contributed by atoms with Crippen molar-refractivity contribution in [3.63, 3.8) is 0 Å². The average Bonchev–Trinajstić information content (AvgIpc) is 2.67. The molecule has 0 aliphatic carbocycles. The van der Waals surface area contributed by atoms with E-state index in [0.717, 1.165) is 19.5 Å². The normalized spacial score (nSPS) is 10.6. The molecule has 0 radical (unpaired) electrons. The van der Waals surface area contributed by atoms with Crippen molar-refractivity contribution in [2.75, 3.05) is 6.54 Å². The summed E-state index contributed by atoms with van der Waals surface area (Å²) in [4.78, 5) is 15.1. The van der Waals surface area contributed by atoms with Crippen LogP contribution in [0.1, 0.15) is 27.0 Å². The predicted molar refractivity (Wildman–Crippen MR) is 106 cm³/mol. The van der Waals surface area contributed by atoms with Gasteiger partial charge in [0.05, 0.1) is 5.56 Å². The molecule has 0 aliphatic heterocycles. The zero-order chi connectivity index (χ0) is 19.1. The summed E-state index contributed by atoms with van der Waals surface area (Å²) in [7, 11) is 0. The van der Waals surface area contributed by atoms with E-state index in [1.165, 1.54) is 22.9 Å². The topological polar surface area (TPSA) is 77.2 Å². The largest absolute Gasteiger partial charge is 0.439 e.